The maximum Gasteiger partial charge on any atom is 0.333 e. The molecule has 0 unspecified atom stereocenters. The first-order valence-electron chi connectivity index (χ1n) is 6.22. The second-order valence-electron chi connectivity index (χ2n) is 4.33. The number of hydrogen-bond acceptors (Lipinski definition) is 2. The smallest absolute Gasteiger partial charge is 0.333 e. The standard InChI is InChI=1S/C15H18O2/c1-2-17-15(16)14-10-8-13(9-11-14)12-6-4-3-5-7-12/h3-7,10,13H,2,8-9,11H2,1H3/t13-/m1/s1. The molecular formula is C15H18O2. The second kappa shape index (κ2) is 5.67. The van der Waals surface area contributed by atoms with Gasteiger partial charge in [-0.3, -0.25) is 0 Å². The number of esters is 1. The first-order valence-corrected chi connectivity index (χ1v) is 6.22. The summed E-state index contributed by atoms with van der Waals surface area (Å²) in [4.78, 5) is 11.6. The van der Waals surface area contributed by atoms with E-state index >= 15 is 0 Å². The molecule has 0 aromatic heterocycles. The van der Waals surface area contributed by atoms with Crippen LogP contribution in [0.1, 0.15) is 37.7 Å². The highest BCUT2D eigenvalue weighted by Crippen LogP contribution is 2.32. The van der Waals surface area contributed by atoms with E-state index in [0.29, 0.717) is 12.5 Å². The van der Waals surface area contributed by atoms with Gasteiger partial charge in [-0.25, -0.2) is 4.79 Å². The quantitative estimate of drug-likeness (QED) is 0.743. The van der Waals surface area contributed by atoms with Crippen molar-refractivity contribution in [3.8, 4) is 0 Å². The Bertz CT molecular complexity index is 406. The average molecular weight is 230 g/mol. The van der Waals surface area contributed by atoms with Crippen molar-refractivity contribution in [2.24, 2.45) is 0 Å². The Morgan fingerprint density at radius 3 is 2.71 bits per heavy atom. The summed E-state index contributed by atoms with van der Waals surface area (Å²) in [5, 5.41) is 0. The van der Waals surface area contributed by atoms with Crippen LogP contribution in [-0.2, 0) is 9.53 Å². The fraction of sp³-hybridized carbons (Fsp3) is 0.400. The molecule has 0 amide bonds. The molecule has 1 atom stereocenters. The van der Waals surface area contributed by atoms with E-state index in [1.807, 2.05) is 19.1 Å². The van der Waals surface area contributed by atoms with E-state index in [9.17, 15) is 4.79 Å². The average Bonchev–Trinajstić information content (AvgIpc) is 2.40. The van der Waals surface area contributed by atoms with E-state index in [4.69, 9.17) is 4.74 Å². The molecule has 0 saturated heterocycles. The number of rotatable bonds is 3. The van der Waals surface area contributed by atoms with Gasteiger partial charge in [-0.15, -0.1) is 0 Å². The normalized spacial score (nSPS) is 19.6. The maximum absolute atomic E-state index is 11.6. The Morgan fingerprint density at radius 2 is 2.12 bits per heavy atom. The van der Waals surface area contributed by atoms with Gasteiger partial charge >= 0.3 is 5.97 Å². The summed E-state index contributed by atoms with van der Waals surface area (Å²) in [5.74, 6) is 0.411. The first-order chi connectivity index (χ1) is 8.31. The monoisotopic (exact) mass is 230 g/mol. The van der Waals surface area contributed by atoms with E-state index in [1.165, 1.54) is 5.56 Å². The van der Waals surface area contributed by atoms with Gasteiger partial charge in [0.25, 0.3) is 0 Å². The summed E-state index contributed by atoms with van der Waals surface area (Å²) in [6, 6.07) is 10.5. The van der Waals surface area contributed by atoms with Crippen LogP contribution >= 0.6 is 0 Å². The zero-order valence-corrected chi connectivity index (χ0v) is 10.2. The van der Waals surface area contributed by atoms with E-state index in [2.05, 4.69) is 24.3 Å². The van der Waals surface area contributed by atoms with Gasteiger partial charge in [0.2, 0.25) is 0 Å². The summed E-state index contributed by atoms with van der Waals surface area (Å²) >= 11 is 0. The second-order valence-corrected chi connectivity index (χ2v) is 4.33. The summed E-state index contributed by atoms with van der Waals surface area (Å²) in [6.45, 7) is 2.30. The van der Waals surface area contributed by atoms with Crippen LogP contribution in [0.5, 0.6) is 0 Å². The molecule has 1 aromatic carbocycles. The molecule has 0 fully saturated rings. The topological polar surface area (TPSA) is 26.3 Å². The SMILES string of the molecule is CCOC(=O)C1=CC[C@@H](c2ccccc2)CC1. The van der Waals surface area contributed by atoms with Gasteiger partial charge < -0.3 is 4.74 Å². The molecule has 1 aliphatic rings. The Kier molecular flexibility index (Phi) is 3.97. The van der Waals surface area contributed by atoms with E-state index in [-0.39, 0.29) is 5.97 Å². The van der Waals surface area contributed by atoms with Crippen LogP contribution in [0.2, 0.25) is 0 Å². The summed E-state index contributed by atoms with van der Waals surface area (Å²) in [6.07, 6.45) is 4.85. The molecule has 0 aliphatic heterocycles. The van der Waals surface area contributed by atoms with Crippen LogP contribution in [0.25, 0.3) is 0 Å². The van der Waals surface area contributed by atoms with Crippen molar-refractivity contribution < 1.29 is 9.53 Å². The molecule has 1 aliphatic carbocycles. The molecule has 0 bridgehead atoms. The molecular weight excluding hydrogens is 212 g/mol. The number of carbonyl (C=O) groups is 1. The van der Waals surface area contributed by atoms with Crippen LogP contribution in [0.3, 0.4) is 0 Å². The van der Waals surface area contributed by atoms with Crippen LogP contribution in [0.4, 0.5) is 0 Å². The summed E-state index contributed by atoms with van der Waals surface area (Å²) in [7, 11) is 0. The molecule has 0 radical (unpaired) electrons. The number of carbonyl (C=O) groups excluding carboxylic acids is 1. The molecule has 0 heterocycles. The third-order valence-corrected chi connectivity index (χ3v) is 3.22. The van der Waals surface area contributed by atoms with Gasteiger partial charge in [0, 0.05) is 5.57 Å². The van der Waals surface area contributed by atoms with Crippen LogP contribution in [0.15, 0.2) is 42.0 Å². The molecule has 2 nitrogen and oxygen atoms in total. The number of allylic oxidation sites excluding steroid dienone is 1. The lowest BCUT2D eigenvalue weighted by Crippen LogP contribution is -2.13. The van der Waals surface area contributed by atoms with E-state index < -0.39 is 0 Å². The Balaban J connectivity index is 2.00. The fourth-order valence-corrected chi connectivity index (χ4v) is 2.27. The van der Waals surface area contributed by atoms with Crippen molar-refractivity contribution >= 4 is 5.97 Å². The maximum atomic E-state index is 11.6. The van der Waals surface area contributed by atoms with Crippen molar-refractivity contribution in [1.82, 2.24) is 0 Å². The van der Waals surface area contributed by atoms with E-state index in [0.717, 1.165) is 24.8 Å². The highest BCUT2D eigenvalue weighted by molar-refractivity contribution is 5.88. The van der Waals surface area contributed by atoms with Crippen molar-refractivity contribution in [3.63, 3.8) is 0 Å². The Labute approximate surface area is 102 Å². The van der Waals surface area contributed by atoms with Crippen molar-refractivity contribution in [2.75, 3.05) is 6.61 Å². The molecule has 17 heavy (non-hydrogen) atoms. The molecule has 0 spiro atoms. The Morgan fingerprint density at radius 1 is 1.35 bits per heavy atom. The largest absolute Gasteiger partial charge is 0.463 e. The minimum Gasteiger partial charge on any atom is -0.463 e. The molecule has 0 saturated carbocycles. The Hall–Kier alpha value is -1.57. The van der Waals surface area contributed by atoms with Crippen LogP contribution < -0.4 is 0 Å². The summed E-state index contributed by atoms with van der Waals surface area (Å²) in [5.41, 5.74) is 2.21. The zero-order valence-electron chi connectivity index (χ0n) is 10.2. The minimum atomic E-state index is -0.140. The molecule has 0 N–H and O–H groups in total. The lowest BCUT2D eigenvalue weighted by atomic mass is 9.85. The van der Waals surface area contributed by atoms with Gasteiger partial charge in [-0.05, 0) is 37.7 Å². The predicted molar refractivity (Wildman–Crippen MR) is 67.8 cm³/mol. The highest BCUT2D eigenvalue weighted by atomic mass is 16.5. The molecule has 2 heteroatoms. The van der Waals surface area contributed by atoms with Crippen molar-refractivity contribution in [3.05, 3.63) is 47.5 Å². The van der Waals surface area contributed by atoms with Crippen LogP contribution in [-0.4, -0.2) is 12.6 Å². The number of hydrogen-bond donors (Lipinski definition) is 0. The van der Waals surface area contributed by atoms with Gasteiger partial charge in [0.1, 0.15) is 0 Å². The predicted octanol–water partition coefficient (Wildman–Crippen LogP) is 3.44. The van der Waals surface area contributed by atoms with Gasteiger partial charge in [-0.2, -0.15) is 0 Å². The van der Waals surface area contributed by atoms with Gasteiger partial charge in [-0.1, -0.05) is 36.4 Å². The molecule has 2 rings (SSSR count). The fourth-order valence-electron chi connectivity index (χ4n) is 2.27. The van der Waals surface area contributed by atoms with Gasteiger partial charge in [0.05, 0.1) is 6.61 Å². The lowest BCUT2D eigenvalue weighted by molar-refractivity contribution is -0.138. The number of ether oxygens (including phenoxy) is 1. The first kappa shape index (κ1) is 11.9. The minimum absolute atomic E-state index is 0.140. The lowest BCUT2D eigenvalue weighted by Gasteiger charge is -2.21. The molecule has 90 valence electrons. The molecule has 1 aromatic rings. The van der Waals surface area contributed by atoms with Crippen LogP contribution in [0, 0.1) is 0 Å². The highest BCUT2D eigenvalue weighted by Gasteiger charge is 2.20. The third kappa shape index (κ3) is 2.96. The van der Waals surface area contributed by atoms with Crippen molar-refractivity contribution in [1.29, 1.82) is 0 Å². The van der Waals surface area contributed by atoms with Crippen molar-refractivity contribution in [2.45, 2.75) is 32.1 Å². The summed E-state index contributed by atoms with van der Waals surface area (Å²) < 4.78 is 5.02. The van der Waals surface area contributed by atoms with E-state index in [1.54, 1.807) is 0 Å². The zero-order chi connectivity index (χ0) is 12.1. The number of benzene rings is 1. The third-order valence-electron chi connectivity index (χ3n) is 3.22. The van der Waals surface area contributed by atoms with Gasteiger partial charge in [0.15, 0.2) is 0 Å².